The van der Waals surface area contributed by atoms with Crippen molar-refractivity contribution in [3.8, 4) is 11.5 Å². The maximum absolute atomic E-state index is 7.48. The van der Waals surface area contributed by atoms with Gasteiger partial charge in [-0.3, -0.25) is 0 Å². The van der Waals surface area contributed by atoms with Crippen LogP contribution >= 0.6 is 0 Å². The zero-order valence-corrected chi connectivity index (χ0v) is 31.5. The van der Waals surface area contributed by atoms with E-state index in [1.54, 1.807) is 0 Å². The van der Waals surface area contributed by atoms with Gasteiger partial charge < -0.3 is 23.7 Å². The van der Waals surface area contributed by atoms with E-state index in [9.17, 15) is 0 Å². The molecule has 0 fully saturated rings. The summed E-state index contributed by atoms with van der Waals surface area (Å²) in [7, 11) is 0. The highest BCUT2D eigenvalue weighted by molar-refractivity contribution is 6.11. The fourth-order valence-electron chi connectivity index (χ4n) is 7.75. The minimum atomic E-state index is 0.644. The zero-order valence-electron chi connectivity index (χ0n) is 31.5. The Morgan fingerprint density at radius 3 is 1.02 bits per heavy atom. The summed E-state index contributed by atoms with van der Waals surface area (Å²) in [5.41, 5.74) is 7.35. The Balaban J connectivity index is 1.66. The van der Waals surface area contributed by atoms with E-state index in [2.05, 4.69) is 114 Å². The van der Waals surface area contributed by atoms with Crippen molar-refractivity contribution in [3.63, 3.8) is 0 Å². The highest BCUT2D eigenvalue weighted by Crippen LogP contribution is 2.46. The van der Waals surface area contributed by atoms with Gasteiger partial charge in [0.25, 0.3) is 0 Å². The van der Waals surface area contributed by atoms with Crippen LogP contribution in [0.1, 0.15) is 61.1 Å². The summed E-state index contributed by atoms with van der Waals surface area (Å²) >= 11 is 0. The van der Waals surface area contributed by atoms with Crippen molar-refractivity contribution in [2.75, 3.05) is 52.9 Å². The Bertz CT molecular complexity index is 1960. The van der Waals surface area contributed by atoms with Gasteiger partial charge in [0.05, 0.1) is 26.4 Å². The van der Waals surface area contributed by atoms with Crippen molar-refractivity contribution in [1.82, 2.24) is 0 Å². The molecular weight excluding hydrogens is 633 g/mol. The molecule has 0 aromatic heterocycles. The van der Waals surface area contributed by atoms with Crippen LogP contribution in [0.15, 0.2) is 72.8 Å². The van der Waals surface area contributed by atoms with Crippen molar-refractivity contribution in [3.05, 3.63) is 106 Å². The number of fused-ring (bicyclic) bond motifs is 4. The van der Waals surface area contributed by atoms with Crippen molar-refractivity contribution in [2.24, 2.45) is 0 Å². The molecule has 6 aromatic carbocycles. The van der Waals surface area contributed by atoms with E-state index in [0.717, 1.165) is 48.3 Å². The molecule has 0 aliphatic heterocycles. The van der Waals surface area contributed by atoms with E-state index in [-0.39, 0.29) is 0 Å². The van der Waals surface area contributed by atoms with Crippen LogP contribution in [0, 0.1) is 13.8 Å². The Labute approximate surface area is 303 Å². The number of ether oxygens (including phenoxy) is 5. The van der Waals surface area contributed by atoms with Gasteiger partial charge >= 0.3 is 0 Å². The number of rotatable bonds is 18. The number of hydrogen-bond donors (Lipinski definition) is 0. The summed E-state index contributed by atoms with van der Waals surface area (Å²) in [6, 6.07) is 26.7. The SMILES string of the molecule is CCOCCc1c2ccccc2c(CCOCC)c2c(Oc3c(C)ccc4c(CCOCC)c5ccccc5c(CCOCC)c34)c(C)ccc12. The predicted octanol–water partition coefficient (Wildman–Crippen LogP) is 11.0. The summed E-state index contributed by atoms with van der Waals surface area (Å²) in [6.07, 6.45) is 3.22. The fourth-order valence-corrected chi connectivity index (χ4v) is 7.75. The molecule has 0 N–H and O–H groups in total. The molecule has 0 unspecified atom stereocenters. The van der Waals surface area contributed by atoms with Crippen molar-refractivity contribution < 1.29 is 23.7 Å². The second-order valence-electron chi connectivity index (χ2n) is 13.2. The molecule has 5 heteroatoms. The summed E-state index contributed by atoms with van der Waals surface area (Å²) < 4.78 is 31.3. The molecule has 0 aliphatic rings. The van der Waals surface area contributed by atoms with Gasteiger partial charge in [-0.05, 0) is 133 Å². The Hall–Kier alpha value is -4.00. The average Bonchev–Trinajstić information content (AvgIpc) is 3.15. The van der Waals surface area contributed by atoms with Crippen LogP contribution in [0.3, 0.4) is 0 Å². The van der Waals surface area contributed by atoms with Crippen molar-refractivity contribution in [1.29, 1.82) is 0 Å². The fraction of sp³-hybridized carbons (Fsp3) is 0.391. The molecule has 0 aliphatic carbocycles. The second kappa shape index (κ2) is 17.5. The molecule has 5 nitrogen and oxygen atoms in total. The Morgan fingerprint density at radius 1 is 0.373 bits per heavy atom. The van der Waals surface area contributed by atoms with Gasteiger partial charge in [0.15, 0.2) is 0 Å². The normalized spacial score (nSPS) is 11.8. The zero-order chi connectivity index (χ0) is 35.7. The van der Waals surface area contributed by atoms with Gasteiger partial charge in [-0.15, -0.1) is 0 Å². The summed E-state index contributed by atoms with van der Waals surface area (Å²) in [6.45, 7) is 18.0. The standard InChI is InChI=1S/C46H54O5/c1-7-47-27-23-37-33-15-11-13-17-35(33)41(25-29-49-9-3)43-39(37)21-19-31(5)45(43)51-46-32(6)20-22-40-38(24-28-48-8-2)34-16-12-14-18-36(34)42(44(40)46)26-30-50-10-4/h11-22H,7-10,23-30H2,1-6H3. The van der Waals surface area contributed by atoms with Crippen LogP contribution in [0.5, 0.6) is 11.5 Å². The third kappa shape index (κ3) is 7.64. The van der Waals surface area contributed by atoms with Gasteiger partial charge in [-0.1, -0.05) is 72.8 Å². The van der Waals surface area contributed by atoms with E-state index in [1.807, 2.05) is 0 Å². The predicted molar refractivity (Wildman–Crippen MR) is 213 cm³/mol. The van der Waals surface area contributed by atoms with Gasteiger partial charge in [-0.2, -0.15) is 0 Å². The lowest BCUT2D eigenvalue weighted by Gasteiger charge is -2.24. The second-order valence-corrected chi connectivity index (χ2v) is 13.2. The average molecular weight is 687 g/mol. The van der Waals surface area contributed by atoms with Gasteiger partial charge in [0, 0.05) is 37.2 Å². The van der Waals surface area contributed by atoms with Crippen LogP contribution in [-0.4, -0.2) is 52.9 Å². The first kappa shape index (κ1) is 36.8. The maximum Gasteiger partial charge on any atom is 0.138 e. The van der Waals surface area contributed by atoms with Crippen LogP contribution in [0.25, 0.3) is 43.1 Å². The van der Waals surface area contributed by atoms with Crippen molar-refractivity contribution >= 4 is 43.1 Å². The van der Waals surface area contributed by atoms with E-state index in [4.69, 9.17) is 23.7 Å². The summed E-state index contributed by atoms with van der Waals surface area (Å²) in [5.74, 6) is 1.83. The van der Waals surface area contributed by atoms with Gasteiger partial charge in [-0.25, -0.2) is 0 Å². The molecule has 0 saturated carbocycles. The molecule has 6 aromatic rings. The van der Waals surface area contributed by atoms with Crippen LogP contribution in [0.2, 0.25) is 0 Å². The molecule has 6 rings (SSSR count). The molecule has 0 radical (unpaired) electrons. The molecule has 51 heavy (non-hydrogen) atoms. The smallest absolute Gasteiger partial charge is 0.138 e. The van der Waals surface area contributed by atoms with Crippen molar-refractivity contribution in [2.45, 2.75) is 67.2 Å². The maximum atomic E-state index is 7.48. The first-order chi connectivity index (χ1) is 25.0. The first-order valence-electron chi connectivity index (χ1n) is 18.9. The molecular formula is C46H54O5. The Morgan fingerprint density at radius 2 is 0.686 bits per heavy atom. The summed E-state index contributed by atoms with van der Waals surface area (Å²) in [5, 5.41) is 9.84. The lowest BCUT2D eigenvalue weighted by atomic mass is 9.87. The molecule has 0 saturated heterocycles. The molecule has 0 spiro atoms. The first-order valence-corrected chi connectivity index (χ1v) is 18.9. The third-order valence-corrected chi connectivity index (χ3v) is 10.1. The number of benzene rings is 6. The van der Waals surface area contributed by atoms with Crippen LogP contribution in [0.4, 0.5) is 0 Å². The molecule has 0 atom stereocenters. The molecule has 268 valence electrons. The largest absolute Gasteiger partial charge is 0.455 e. The lowest BCUT2D eigenvalue weighted by molar-refractivity contribution is 0.151. The lowest BCUT2D eigenvalue weighted by Crippen LogP contribution is -2.07. The van der Waals surface area contributed by atoms with Crippen LogP contribution < -0.4 is 4.74 Å². The molecule has 0 bridgehead atoms. The van der Waals surface area contributed by atoms with Gasteiger partial charge in [0.1, 0.15) is 11.5 Å². The summed E-state index contributed by atoms with van der Waals surface area (Å²) in [4.78, 5) is 0. The minimum Gasteiger partial charge on any atom is -0.455 e. The van der Waals surface area contributed by atoms with E-state index in [1.165, 1.54) is 65.3 Å². The minimum absolute atomic E-state index is 0.644. The van der Waals surface area contributed by atoms with Crippen LogP contribution in [-0.2, 0) is 44.6 Å². The topological polar surface area (TPSA) is 46.2 Å². The Kier molecular flexibility index (Phi) is 12.6. The highest BCUT2D eigenvalue weighted by atomic mass is 16.5. The molecule has 0 amide bonds. The van der Waals surface area contributed by atoms with Gasteiger partial charge in [0.2, 0.25) is 0 Å². The monoisotopic (exact) mass is 686 g/mol. The van der Waals surface area contributed by atoms with E-state index >= 15 is 0 Å². The quantitative estimate of drug-likeness (QED) is 0.0665. The van der Waals surface area contributed by atoms with E-state index in [0.29, 0.717) is 52.9 Å². The van der Waals surface area contributed by atoms with E-state index < -0.39 is 0 Å². The number of aryl methyl sites for hydroxylation is 2. The molecule has 0 heterocycles. The third-order valence-electron chi connectivity index (χ3n) is 10.1. The highest BCUT2D eigenvalue weighted by Gasteiger charge is 2.23. The number of hydrogen-bond acceptors (Lipinski definition) is 5.